The molecule has 0 aliphatic carbocycles. The summed E-state index contributed by atoms with van der Waals surface area (Å²) in [6, 6.07) is -0.162. The Bertz CT molecular complexity index is 204. The molecule has 5 nitrogen and oxygen atoms in total. The third-order valence-electron chi connectivity index (χ3n) is 1.68. The van der Waals surface area contributed by atoms with Crippen molar-refractivity contribution in [2.75, 3.05) is 6.54 Å². The molecule has 0 aromatic rings. The summed E-state index contributed by atoms with van der Waals surface area (Å²) in [5.41, 5.74) is 5.43. The zero-order valence-electron chi connectivity index (χ0n) is 8.62. The number of carboxylic acid groups (broad SMARTS) is 1. The Morgan fingerprint density at radius 3 is 2.36 bits per heavy atom. The van der Waals surface area contributed by atoms with E-state index in [-0.39, 0.29) is 30.7 Å². The first-order chi connectivity index (χ1) is 6.41. The molecule has 0 heterocycles. The summed E-state index contributed by atoms with van der Waals surface area (Å²) in [5, 5.41) is 11.1. The van der Waals surface area contributed by atoms with E-state index in [2.05, 4.69) is 5.32 Å². The van der Waals surface area contributed by atoms with Crippen LogP contribution in [0.25, 0.3) is 0 Å². The molecule has 0 aromatic carbocycles. The third kappa shape index (κ3) is 7.54. The lowest BCUT2D eigenvalue weighted by atomic mass is 10.1. The van der Waals surface area contributed by atoms with Gasteiger partial charge in [-0.2, -0.15) is 0 Å². The molecular formula is C9H18N2O3. The van der Waals surface area contributed by atoms with Crippen LogP contribution in [0.1, 0.15) is 26.7 Å². The number of rotatable bonds is 6. The predicted octanol–water partition coefficient (Wildman–Crippen LogP) is -0.0493. The lowest BCUT2D eigenvalue weighted by Crippen LogP contribution is -2.33. The number of carbonyl (C=O) groups is 2. The fourth-order valence-corrected chi connectivity index (χ4v) is 1.02. The molecule has 82 valence electrons. The molecule has 0 saturated carbocycles. The van der Waals surface area contributed by atoms with Crippen LogP contribution in [0.2, 0.25) is 0 Å². The standard InChI is InChI=1S/C9H18N2O3/c1-6(3-9(13)14)5-11-8(12)4-7(2)10/h6-7H,3-5,10H2,1-2H3,(H,11,12)(H,13,14). The Balaban J connectivity index is 3.61. The lowest BCUT2D eigenvalue weighted by Gasteiger charge is -2.11. The number of hydrogen-bond acceptors (Lipinski definition) is 3. The number of amides is 1. The largest absolute Gasteiger partial charge is 0.481 e. The van der Waals surface area contributed by atoms with Gasteiger partial charge < -0.3 is 16.2 Å². The van der Waals surface area contributed by atoms with Crippen molar-refractivity contribution in [1.82, 2.24) is 5.32 Å². The summed E-state index contributed by atoms with van der Waals surface area (Å²) in [5.74, 6) is -1.03. The average Bonchev–Trinajstić information content (AvgIpc) is 1.98. The third-order valence-corrected chi connectivity index (χ3v) is 1.68. The van der Waals surface area contributed by atoms with Crippen LogP contribution >= 0.6 is 0 Å². The van der Waals surface area contributed by atoms with E-state index >= 15 is 0 Å². The van der Waals surface area contributed by atoms with Crippen molar-refractivity contribution in [3.05, 3.63) is 0 Å². The van der Waals surface area contributed by atoms with E-state index in [9.17, 15) is 9.59 Å². The molecule has 0 aliphatic heterocycles. The van der Waals surface area contributed by atoms with E-state index in [0.717, 1.165) is 0 Å². The second kappa shape index (κ2) is 6.37. The molecule has 0 radical (unpaired) electrons. The number of nitrogens with one attached hydrogen (secondary N) is 1. The number of hydrogen-bond donors (Lipinski definition) is 3. The zero-order chi connectivity index (χ0) is 11.1. The predicted molar refractivity (Wildman–Crippen MR) is 52.7 cm³/mol. The maximum atomic E-state index is 11.1. The van der Waals surface area contributed by atoms with Crippen LogP contribution < -0.4 is 11.1 Å². The molecule has 4 N–H and O–H groups in total. The van der Waals surface area contributed by atoms with E-state index in [1.54, 1.807) is 13.8 Å². The Morgan fingerprint density at radius 1 is 1.36 bits per heavy atom. The van der Waals surface area contributed by atoms with Crippen LogP contribution in [0.4, 0.5) is 0 Å². The van der Waals surface area contributed by atoms with Gasteiger partial charge in [-0.3, -0.25) is 9.59 Å². The van der Waals surface area contributed by atoms with Gasteiger partial charge in [0.25, 0.3) is 0 Å². The van der Waals surface area contributed by atoms with Crippen LogP contribution in [0, 0.1) is 5.92 Å². The van der Waals surface area contributed by atoms with Crippen molar-refractivity contribution in [2.24, 2.45) is 11.7 Å². The molecule has 0 bridgehead atoms. The number of nitrogens with two attached hydrogens (primary N) is 1. The topological polar surface area (TPSA) is 92.4 Å². The van der Waals surface area contributed by atoms with Crippen LogP contribution in [-0.4, -0.2) is 29.6 Å². The Kier molecular flexibility index (Phi) is 5.87. The summed E-state index contributed by atoms with van der Waals surface area (Å²) < 4.78 is 0. The number of aliphatic carboxylic acids is 1. The van der Waals surface area contributed by atoms with E-state index in [1.807, 2.05) is 0 Å². The van der Waals surface area contributed by atoms with Crippen molar-refractivity contribution < 1.29 is 14.7 Å². The minimum absolute atomic E-state index is 0.0514. The fourth-order valence-electron chi connectivity index (χ4n) is 1.02. The van der Waals surface area contributed by atoms with Crippen molar-refractivity contribution in [2.45, 2.75) is 32.7 Å². The highest BCUT2D eigenvalue weighted by atomic mass is 16.4. The van der Waals surface area contributed by atoms with Gasteiger partial charge in [-0.25, -0.2) is 0 Å². The van der Waals surface area contributed by atoms with Gasteiger partial charge >= 0.3 is 5.97 Å². The Morgan fingerprint density at radius 2 is 1.93 bits per heavy atom. The minimum atomic E-state index is -0.848. The minimum Gasteiger partial charge on any atom is -0.481 e. The highest BCUT2D eigenvalue weighted by molar-refractivity contribution is 5.76. The molecule has 1 amide bonds. The molecule has 0 saturated heterocycles. The highest BCUT2D eigenvalue weighted by Crippen LogP contribution is 1.99. The number of carboxylic acids is 1. The van der Waals surface area contributed by atoms with Crippen LogP contribution in [0.3, 0.4) is 0 Å². The molecule has 14 heavy (non-hydrogen) atoms. The summed E-state index contributed by atoms with van der Waals surface area (Å²) in [6.07, 6.45) is 0.345. The number of carbonyl (C=O) groups excluding carboxylic acids is 1. The maximum absolute atomic E-state index is 11.1. The van der Waals surface area contributed by atoms with Crippen molar-refractivity contribution in [1.29, 1.82) is 0 Å². The summed E-state index contributed by atoms with van der Waals surface area (Å²) in [6.45, 7) is 3.92. The van der Waals surface area contributed by atoms with Crippen molar-refractivity contribution in [3.63, 3.8) is 0 Å². The average molecular weight is 202 g/mol. The second-order valence-corrected chi connectivity index (χ2v) is 3.69. The zero-order valence-corrected chi connectivity index (χ0v) is 8.62. The van der Waals surface area contributed by atoms with Crippen molar-refractivity contribution >= 4 is 11.9 Å². The first-order valence-electron chi connectivity index (χ1n) is 4.66. The molecular weight excluding hydrogens is 184 g/mol. The van der Waals surface area contributed by atoms with Gasteiger partial charge in [-0.05, 0) is 12.8 Å². The first kappa shape index (κ1) is 12.9. The highest BCUT2D eigenvalue weighted by Gasteiger charge is 2.10. The maximum Gasteiger partial charge on any atom is 0.303 e. The van der Waals surface area contributed by atoms with Gasteiger partial charge in [-0.1, -0.05) is 6.92 Å². The SMILES string of the molecule is CC(N)CC(=O)NCC(C)CC(=O)O. The van der Waals surface area contributed by atoms with E-state index in [1.165, 1.54) is 0 Å². The smallest absolute Gasteiger partial charge is 0.303 e. The first-order valence-corrected chi connectivity index (χ1v) is 4.66. The van der Waals surface area contributed by atoms with Gasteiger partial charge in [0.1, 0.15) is 0 Å². The van der Waals surface area contributed by atoms with Gasteiger partial charge in [0.05, 0.1) is 0 Å². The molecule has 2 atom stereocenters. The monoisotopic (exact) mass is 202 g/mol. The molecule has 2 unspecified atom stereocenters. The molecule has 0 aromatic heterocycles. The molecule has 0 aliphatic rings. The summed E-state index contributed by atoms with van der Waals surface area (Å²) >= 11 is 0. The van der Waals surface area contributed by atoms with E-state index in [4.69, 9.17) is 10.8 Å². The molecule has 0 rings (SSSR count). The fraction of sp³-hybridized carbons (Fsp3) is 0.778. The van der Waals surface area contributed by atoms with Gasteiger partial charge in [0.15, 0.2) is 0 Å². The van der Waals surface area contributed by atoms with Gasteiger partial charge in [0, 0.05) is 25.4 Å². The van der Waals surface area contributed by atoms with Gasteiger partial charge in [0.2, 0.25) is 5.91 Å². The van der Waals surface area contributed by atoms with Crippen molar-refractivity contribution in [3.8, 4) is 0 Å². The van der Waals surface area contributed by atoms with E-state index in [0.29, 0.717) is 6.54 Å². The van der Waals surface area contributed by atoms with Crippen LogP contribution in [0.5, 0.6) is 0 Å². The van der Waals surface area contributed by atoms with Crippen LogP contribution in [-0.2, 0) is 9.59 Å². The lowest BCUT2D eigenvalue weighted by molar-refractivity contribution is -0.138. The normalized spacial score (nSPS) is 14.5. The van der Waals surface area contributed by atoms with E-state index < -0.39 is 5.97 Å². The summed E-state index contributed by atoms with van der Waals surface area (Å²) in [4.78, 5) is 21.4. The molecule has 0 fully saturated rings. The van der Waals surface area contributed by atoms with Crippen LogP contribution in [0.15, 0.2) is 0 Å². The molecule has 0 spiro atoms. The second-order valence-electron chi connectivity index (χ2n) is 3.69. The Hall–Kier alpha value is -1.10. The Labute approximate surface area is 83.7 Å². The molecule has 5 heteroatoms. The summed E-state index contributed by atoms with van der Waals surface area (Å²) in [7, 11) is 0. The quantitative estimate of drug-likeness (QED) is 0.563. The van der Waals surface area contributed by atoms with Gasteiger partial charge in [-0.15, -0.1) is 0 Å².